The molecular weight excluding hydrogens is 250 g/mol. The molecule has 4 nitrogen and oxygen atoms in total. The maximum Gasteiger partial charge on any atom is 0.119 e. The average Bonchev–Trinajstić information content (AvgIpc) is 2.49. The van der Waals surface area contributed by atoms with Gasteiger partial charge in [0.2, 0.25) is 0 Å². The van der Waals surface area contributed by atoms with E-state index in [4.69, 9.17) is 4.74 Å². The Labute approximate surface area is 122 Å². The van der Waals surface area contributed by atoms with Crippen molar-refractivity contribution in [3.63, 3.8) is 0 Å². The Morgan fingerprint density at radius 2 is 1.80 bits per heavy atom. The van der Waals surface area contributed by atoms with Crippen molar-refractivity contribution in [2.75, 3.05) is 59.5 Å². The summed E-state index contributed by atoms with van der Waals surface area (Å²) < 4.78 is 5.66. The van der Waals surface area contributed by atoms with Crippen LogP contribution in [0, 0.1) is 0 Å². The number of para-hydroxylation sites is 1. The highest BCUT2D eigenvalue weighted by molar-refractivity contribution is 5.20. The molecule has 4 heteroatoms. The molecule has 1 aromatic rings. The van der Waals surface area contributed by atoms with Crippen molar-refractivity contribution in [1.82, 2.24) is 15.1 Å². The molecule has 0 aromatic heterocycles. The van der Waals surface area contributed by atoms with Gasteiger partial charge in [-0.2, -0.15) is 0 Å². The molecule has 1 N–H and O–H groups in total. The lowest BCUT2D eigenvalue weighted by Crippen LogP contribution is -2.46. The summed E-state index contributed by atoms with van der Waals surface area (Å²) >= 11 is 0. The molecule has 0 aliphatic carbocycles. The van der Waals surface area contributed by atoms with E-state index in [0.29, 0.717) is 0 Å². The number of ether oxygens (including phenoxy) is 1. The van der Waals surface area contributed by atoms with Crippen molar-refractivity contribution in [2.45, 2.75) is 6.42 Å². The van der Waals surface area contributed by atoms with Gasteiger partial charge < -0.3 is 15.0 Å². The number of rotatable bonds is 8. The lowest BCUT2D eigenvalue weighted by Gasteiger charge is -2.32. The zero-order valence-electron chi connectivity index (χ0n) is 12.6. The van der Waals surface area contributed by atoms with Gasteiger partial charge in [0.15, 0.2) is 0 Å². The molecule has 1 fully saturated rings. The van der Waals surface area contributed by atoms with Gasteiger partial charge in [-0.3, -0.25) is 4.90 Å². The monoisotopic (exact) mass is 277 g/mol. The van der Waals surface area contributed by atoms with Gasteiger partial charge in [-0.05, 0) is 32.1 Å². The van der Waals surface area contributed by atoms with Crippen molar-refractivity contribution in [2.24, 2.45) is 0 Å². The highest BCUT2D eigenvalue weighted by atomic mass is 16.5. The van der Waals surface area contributed by atoms with E-state index < -0.39 is 0 Å². The molecule has 1 aliphatic rings. The number of piperazine rings is 1. The molecule has 1 saturated heterocycles. The second-order valence-electron chi connectivity index (χ2n) is 5.41. The zero-order chi connectivity index (χ0) is 14.0. The molecular formula is C16H27N3O. The van der Waals surface area contributed by atoms with Gasteiger partial charge in [0.25, 0.3) is 0 Å². The molecule has 2 rings (SSSR count). The summed E-state index contributed by atoms with van der Waals surface area (Å²) in [7, 11) is 2.20. The van der Waals surface area contributed by atoms with Gasteiger partial charge in [0.1, 0.15) is 5.75 Å². The fraction of sp³-hybridized carbons (Fsp3) is 0.625. The third kappa shape index (κ3) is 5.90. The van der Waals surface area contributed by atoms with E-state index in [2.05, 4.69) is 22.2 Å². The number of likely N-dealkylation sites (N-methyl/N-ethyl adjacent to an activating group) is 1. The molecule has 20 heavy (non-hydrogen) atoms. The van der Waals surface area contributed by atoms with Gasteiger partial charge in [0.05, 0.1) is 6.61 Å². The standard InChI is InChI=1S/C16H27N3O/c1-18-11-13-19(14-12-18)10-9-17-8-5-15-20-16-6-3-2-4-7-16/h2-4,6-7,17H,5,8-15H2,1H3. The number of hydrogen-bond acceptors (Lipinski definition) is 4. The van der Waals surface area contributed by atoms with Crippen molar-refractivity contribution in [3.8, 4) is 5.75 Å². The maximum absolute atomic E-state index is 5.66. The van der Waals surface area contributed by atoms with Crippen LogP contribution in [-0.2, 0) is 0 Å². The smallest absolute Gasteiger partial charge is 0.119 e. The van der Waals surface area contributed by atoms with Crippen molar-refractivity contribution >= 4 is 0 Å². The second-order valence-corrected chi connectivity index (χ2v) is 5.41. The summed E-state index contributed by atoms with van der Waals surface area (Å²) in [6.45, 7) is 8.86. The molecule has 0 amide bonds. The first-order valence-electron chi connectivity index (χ1n) is 7.64. The van der Waals surface area contributed by atoms with Crippen LogP contribution in [0.1, 0.15) is 6.42 Å². The van der Waals surface area contributed by atoms with Crippen molar-refractivity contribution in [3.05, 3.63) is 30.3 Å². The molecule has 0 radical (unpaired) electrons. The van der Waals surface area contributed by atoms with Crippen LogP contribution in [0.25, 0.3) is 0 Å². The van der Waals surface area contributed by atoms with Gasteiger partial charge in [-0.25, -0.2) is 0 Å². The molecule has 0 bridgehead atoms. The Bertz CT molecular complexity index is 350. The topological polar surface area (TPSA) is 27.7 Å². The Morgan fingerprint density at radius 1 is 1.05 bits per heavy atom. The lowest BCUT2D eigenvalue weighted by molar-refractivity contribution is 0.154. The molecule has 0 saturated carbocycles. The third-order valence-corrected chi connectivity index (χ3v) is 3.71. The van der Waals surface area contributed by atoms with Crippen LogP contribution in [0.4, 0.5) is 0 Å². The lowest BCUT2D eigenvalue weighted by atomic mass is 10.3. The Balaban J connectivity index is 1.42. The average molecular weight is 277 g/mol. The minimum atomic E-state index is 0.783. The molecule has 1 aromatic carbocycles. The summed E-state index contributed by atoms with van der Waals surface area (Å²) in [5.74, 6) is 0.963. The van der Waals surface area contributed by atoms with Crippen LogP contribution in [0.3, 0.4) is 0 Å². The number of nitrogens with zero attached hydrogens (tertiary/aromatic N) is 2. The predicted molar refractivity (Wildman–Crippen MR) is 83.4 cm³/mol. The van der Waals surface area contributed by atoms with Crippen molar-refractivity contribution < 1.29 is 4.74 Å². The largest absolute Gasteiger partial charge is 0.494 e. The van der Waals surface area contributed by atoms with Gasteiger partial charge in [-0.1, -0.05) is 18.2 Å². The molecule has 1 aliphatic heterocycles. The first-order valence-corrected chi connectivity index (χ1v) is 7.64. The fourth-order valence-corrected chi connectivity index (χ4v) is 2.34. The molecule has 0 unspecified atom stereocenters. The number of hydrogen-bond donors (Lipinski definition) is 1. The van der Waals surface area contributed by atoms with E-state index in [1.54, 1.807) is 0 Å². The summed E-state index contributed by atoms with van der Waals surface area (Å²) in [6, 6.07) is 10.0. The molecule has 0 spiro atoms. The van der Waals surface area contributed by atoms with E-state index in [1.807, 2.05) is 30.3 Å². The summed E-state index contributed by atoms with van der Waals surface area (Å²) in [5.41, 5.74) is 0. The van der Waals surface area contributed by atoms with Crippen LogP contribution in [0.15, 0.2) is 30.3 Å². The fourth-order valence-electron chi connectivity index (χ4n) is 2.34. The van der Waals surface area contributed by atoms with Gasteiger partial charge >= 0.3 is 0 Å². The third-order valence-electron chi connectivity index (χ3n) is 3.71. The van der Waals surface area contributed by atoms with E-state index in [-0.39, 0.29) is 0 Å². The van der Waals surface area contributed by atoms with E-state index in [0.717, 1.165) is 38.4 Å². The maximum atomic E-state index is 5.66. The predicted octanol–water partition coefficient (Wildman–Crippen LogP) is 1.29. The van der Waals surface area contributed by atoms with E-state index in [9.17, 15) is 0 Å². The van der Waals surface area contributed by atoms with Crippen LogP contribution < -0.4 is 10.1 Å². The number of nitrogens with one attached hydrogen (secondary N) is 1. The van der Waals surface area contributed by atoms with Crippen LogP contribution in [-0.4, -0.2) is 69.3 Å². The minimum Gasteiger partial charge on any atom is -0.494 e. The normalized spacial score (nSPS) is 17.2. The quantitative estimate of drug-likeness (QED) is 0.725. The van der Waals surface area contributed by atoms with Crippen LogP contribution in [0.2, 0.25) is 0 Å². The van der Waals surface area contributed by atoms with Crippen LogP contribution >= 0.6 is 0 Å². The number of benzene rings is 1. The van der Waals surface area contributed by atoms with E-state index >= 15 is 0 Å². The SMILES string of the molecule is CN1CCN(CCNCCCOc2ccccc2)CC1. The minimum absolute atomic E-state index is 0.783. The Hall–Kier alpha value is -1.10. The van der Waals surface area contributed by atoms with Crippen molar-refractivity contribution in [1.29, 1.82) is 0 Å². The molecule has 1 heterocycles. The molecule has 112 valence electrons. The first kappa shape index (κ1) is 15.3. The van der Waals surface area contributed by atoms with E-state index in [1.165, 1.54) is 26.2 Å². The van der Waals surface area contributed by atoms with Gasteiger partial charge in [0, 0.05) is 39.3 Å². The van der Waals surface area contributed by atoms with Crippen LogP contribution in [0.5, 0.6) is 5.75 Å². The molecule has 0 atom stereocenters. The van der Waals surface area contributed by atoms with Gasteiger partial charge in [-0.15, -0.1) is 0 Å². The Morgan fingerprint density at radius 3 is 2.55 bits per heavy atom. The summed E-state index contributed by atoms with van der Waals surface area (Å²) in [6.07, 6.45) is 1.05. The zero-order valence-corrected chi connectivity index (χ0v) is 12.6. The Kier molecular flexibility index (Phi) is 6.84. The summed E-state index contributed by atoms with van der Waals surface area (Å²) in [4.78, 5) is 4.93. The highest BCUT2D eigenvalue weighted by Gasteiger charge is 2.12. The highest BCUT2D eigenvalue weighted by Crippen LogP contribution is 2.07. The second kappa shape index (κ2) is 8.95. The summed E-state index contributed by atoms with van der Waals surface area (Å²) in [5, 5.41) is 3.49. The first-order chi connectivity index (χ1) is 9.84.